The second-order valence-corrected chi connectivity index (χ2v) is 10.5. The molecule has 0 saturated carbocycles. The van der Waals surface area contributed by atoms with E-state index in [1.54, 1.807) is 48.0 Å². The van der Waals surface area contributed by atoms with E-state index in [-0.39, 0.29) is 29.6 Å². The molecule has 0 radical (unpaired) electrons. The summed E-state index contributed by atoms with van der Waals surface area (Å²) in [6.07, 6.45) is 3.72. The van der Waals surface area contributed by atoms with Gasteiger partial charge in [0.1, 0.15) is 6.04 Å². The van der Waals surface area contributed by atoms with Crippen LogP contribution in [0.2, 0.25) is 5.02 Å². The van der Waals surface area contributed by atoms with Crippen LogP contribution < -0.4 is 10.6 Å². The van der Waals surface area contributed by atoms with Crippen molar-refractivity contribution in [1.82, 2.24) is 10.2 Å². The average molecular weight is 466 g/mol. The van der Waals surface area contributed by atoms with Gasteiger partial charge in [0.05, 0.1) is 16.6 Å². The Kier molecular flexibility index (Phi) is 6.51. The Morgan fingerprint density at radius 1 is 1.23 bits per heavy atom. The van der Waals surface area contributed by atoms with Crippen LogP contribution in [0, 0.1) is 11.8 Å². The molecule has 0 aliphatic carbocycles. The van der Waals surface area contributed by atoms with Crippen molar-refractivity contribution in [3.63, 3.8) is 0 Å². The number of rotatable bonds is 8. The van der Waals surface area contributed by atoms with Gasteiger partial charge in [-0.15, -0.1) is 11.8 Å². The summed E-state index contributed by atoms with van der Waals surface area (Å²) < 4.78 is -0.577. The van der Waals surface area contributed by atoms with Crippen molar-refractivity contribution in [3.05, 3.63) is 29.3 Å². The third kappa shape index (κ3) is 3.83. The number of amides is 3. The zero-order valence-corrected chi connectivity index (χ0v) is 19.0. The van der Waals surface area contributed by atoms with Gasteiger partial charge < -0.3 is 20.6 Å². The molecule has 3 fully saturated rings. The Balaban J connectivity index is 1.63. The van der Waals surface area contributed by atoms with Crippen molar-refractivity contribution in [2.24, 2.45) is 11.8 Å². The highest BCUT2D eigenvalue weighted by molar-refractivity contribution is 8.02. The number of anilines is 1. The van der Waals surface area contributed by atoms with E-state index < -0.39 is 22.6 Å². The first kappa shape index (κ1) is 22.4. The SMILES string of the molecule is CNC(=O)[C@@H]1[C@H]2C(=O)N(CCCCCO)C(C(=O)Nc3ccc(Cl)cc3)C23CC[C@H]1S3. The zero-order chi connectivity index (χ0) is 22.2. The molecule has 5 atom stereocenters. The number of benzene rings is 1. The van der Waals surface area contributed by atoms with Gasteiger partial charge in [-0.3, -0.25) is 14.4 Å². The summed E-state index contributed by atoms with van der Waals surface area (Å²) in [5, 5.41) is 15.4. The van der Waals surface area contributed by atoms with E-state index in [0.29, 0.717) is 30.1 Å². The van der Waals surface area contributed by atoms with Gasteiger partial charge in [-0.1, -0.05) is 11.6 Å². The number of aliphatic hydroxyl groups excluding tert-OH is 1. The van der Waals surface area contributed by atoms with Crippen molar-refractivity contribution in [1.29, 1.82) is 0 Å². The summed E-state index contributed by atoms with van der Waals surface area (Å²) in [6, 6.07) is 6.28. The molecule has 3 N–H and O–H groups in total. The van der Waals surface area contributed by atoms with Crippen LogP contribution in [-0.4, -0.2) is 64.0 Å². The summed E-state index contributed by atoms with van der Waals surface area (Å²) in [5.41, 5.74) is 0.627. The van der Waals surface area contributed by atoms with Crippen LogP contribution in [0.5, 0.6) is 0 Å². The number of nitrogens with one attached hydrogen (secondary N) is 2. The van der Waals surface area contributed by atoms with Gasteiger partial charge in [-0.25, -0.2) is 0 Å². The first-order chi connectivity index (χ1) is 14.9. The fourth-order valence-corrected chi connectivity index (χ4v) is 7.82. The maximum Gasteiger partial charge on any atom is 0.248 e. The van der Waals surface area contributed by atoms with Crippen LogP contribution in [0.3, 0.4) is 0 Å². The Bertz CT molecular complexity index is 867. The molecule has 1 aromatic rings. The maximum atomic E-state index is 13.6. The van der Waals surface area contributed by atoms with Crippen LogP contribution in [0.15, 0.2) is 24.3 Å². The van der Waals surface area contributed by atoms with Crippen LogP contribution in [-0.2, 0) is 14.4 Å². The van der Waals surface area contributed by atoms with Crippen LogP contribution in [0.4, 0.5) is 5.69 Å². The number of carbonyl (C=O) groups excluding carboxylic acids is 3. The van der Waals surface area contributed by atoms with E-state index in [1.165, 1.54) is 0 Å². The molecule has 2 unspecified atom stereocenters. The molecule has 1 spiro atoms. The molecule has 168 valence electrons. The Hall–Kier alpha value is -1.77. The normalized spacial score (nSPS) is 31.1. The van der Waals surface area contributed by atoms with Gasteiger partial charge in [0.25, 0.3) is 0 Å². The summed E-state index contributed by atoms with van der Waals surface area (Å²) in [6.45, 7) is 0.554. The molecule has 4 rings (SSSR count). The molecule has 3 heterocycles. The number of unbranched alkanes of at least 4 members (excludes halogenated alkanes) is 2. The van der Waals surface area contributed by atoms with Crippen molar-refractivity contribution in [2.45, 2.75) is 48.1 Å². The molecule has 3 saturated heterocycles. The van der Waals surface area contributed by atoms with E-state index in [9.17, 15) is 14.4 Å². The highest BCUT2D eigenvalue weighted by atomic mass is 35.5. The highest BCUT2D eigenvalue weighted by Crippen LogP contribution is 2.66. The van der Waals surface area contributed by atoms with Gasteiger partial charge >= 0.3 is 0 Å². The lowest BCUT2D eigenvalue weighted by Gasteiger charge is -2.34. The smallest absolute Gasteiger partial charge is 0.248 e. The number of nitrogens with zero attached hydrogens (tertiary/aromatic N) is 1. The third-order valence-corrected chi connectivity index (χ3v) is 8.97. The minimum atomic E-state index is -0.625. The van der Waals surface area contributed by atoms with Crippen molar-refractivity contribution >= 4 is 46.8 Å². The lowest BCUT2D eigenvalue weighted by Crippen LogP contribution is -2.51. The van der Waals surface area contributed by atoms with Gasteiger partial charge in [0, 0.05) is 36.2 Å². The molecule has 9 heteroatoms. The standard InChI is InChI=1S/C22H28ClN3O4S/c1-24-19(28)16-15-9-10-22(31-15)17(16)21(30)26(11-3-2-4-12-27)18(22)20(29)25-14-7-5-13(23)6-8-14/h5-8,15-18,27H,2-4,9-12H2,1H3,(H,24,28)(H,25,29)/t15-,16+,17+,18?,22?/m1/s1. The molecule has 0 aromatic heterocycles. The maximum absolute atomic E-state index is 13.6. The second kappa shape index (κ2) is 9.00. The lowest BCUT2D eigenvalue weighted by molar-refractivity contribution is -0.139. The van der Waals surface area contributed by atoms with E-state index in [4.69, 9.17) is 16.7 Å². The Morgan fingerprint density at radius 2 is 1.97 bits per heavy atom. The number of hydrogen-bond acceptors (Lipinski definition) is 5. The zero-order valence-electron chi connectivity index (χ0n) is 17.5. The number of fused-ring (bicyclic) bond motifs is 1. The molecule has 7 nitrogen and oxygen atoms in total. The largest absolute Gasteiger partial charge is 0.396 e. The van der Waals surface area contributed by atoms with Gasteiger partial charge in [-0.05, 0) is 56.4 Å². The molecule has 2 bridgehead atoms. The van der Waals surface area contributed by atoms with Crippen molar-refractivity contribution < 1.29 is 19.5 Å². The Labute approximate surface area is 191 Å². The van der Waals surface area contributed by atoms with E-state index in [1.807, 2.05) is 0 Å². The predicted molar refractivity (Wildman–Crippen MR) is 121 cm³/mol. The minimum absolute atomic E-state index is 0.0660. The molecule has 1 aromatic carbocycles. The molecule has 3 amide bonds. The number of halogens is 1. The molecular formula is C22H28ClN3O4S. The number of thioether (sulfide) groups is 1. The second-order valence-electron chi connectivity index (χ2n) is 8.48. The van der Waals surface area contributed by atoms with Gasteiger partial charge in [0.2, 0.25) is 17.7 Å². The molecule has 3 aliphatic rings. The summed E-state index contributed by atoms with van der Waals surface area (Å²) >= 11 is 7.62. The number of carbonyl (C=O) groups is 3. The van der Waals surface area contributed by atoms with E-state index >= 15 is 0 Å². The first-order valence-electron chi connectivity index (χ1n) is 10.8. The van der Waals surface area contributed by atoms with Crippen LogP contribution >= 0.6 is 23.4 Å². The topological polar surface area (TPSA) is 98.7 Å². The highest BCUT2D eigenvalue weighted by Gasteiger charge is 2.73. The van der Waals surface area contributed by atoms with Crippen molar-refractivity contribution in [2.75, 3.05) is 25.5 Å². The number of hydrogen-bond donors (Lipinski definition) is 3. The van der Waals surface area contributed by atoms with Crippen molar-refractivity contribution in [3.8, 4) is 0 Å². The number of likely N-dealkylation sites (tertiary alicyclic amines) is 1. The summed E-state index contributed by atoms with van der Waals surface area (Å²) in [5.74, 6) is -1.30. The predicted octanol–water partition coefficient (Wildman–Crippen LogP) is 2.28. The van der Waals surface area contributed by atoms with E-state index in [2.05, 4.69) is 10.6 Å². The van der Waals surface area contributed by atoms with Gasteiger partial charge in [0.15, 0.2) is 0 Å². The summed E-state index contributed by atoms with van der Waals surface area (Å²) in [4.78, 5) is 41.4. The van der Waals surface area contributed by atoms with E-state index in [0.717, 1.165) is 19.3 Å². The average Bonchev–Trinajstić information content (AvgIpc) is 3.40. The van der Waals surface area contributed by atoms with Crippen LogP contribution in [0.1, 0.15) is 32.1 Å². The fraction of sp³-hybridized carbons (Fsp3) is 0.591. The first-order valence-corrected chi connectivity index (χ1v) is 12.1. The lowest BCUT2D eigenvalue weighted by atomic mass is 9.71. The molecule has 3 aliphatic heterocycles. The quantitative estimate of drug-likeness (QED) is 0.511. The van der Waals surface area contributed by atoms with Gasteiger partial charge in [-0.2, -0.15) is 0 Å². The van der Waals surface area contributed by atoms with Crippen LogP contribution in [0.25, 0.3) is 0 Å². The Morgan fingerprint density at radius 3 is 2.65 bits per heavy atom. The number of aliphatic hydroxyl groups is 1. The molecule has 31 heavy (non-hydrogen) atoms. The fourth-order valence-electron chi connectivity index (χ4n) is 5.48. The third-order valence-electron chi connectivity index (χ3n) is 6.77. The summed E-state index contributed by atoms with van der Waals surface area (Å²) in [7, 11) is 1.60. The monoisotopic (exact) mass is 465 g/mol. The minimum Gasteiger partial charge on any atom is -0.396 e. The molecular weight excluding hydrogens is 438 g/mol.